The van der Waals surface area contributed by atoms with Gasteiger partial charge in [0.1, 0.15) is 5.60 Å². The predicted octanol–water partition coefficient (Wildman–Crippen LogP) is 4.50. The highest BCUT2D eigenvalue weighted by molar-refractivity contribution is 7.11. The molecule has 0 spiro atoms. The van der Waals surface area contributed by atoms with E-state index in [2.05, 4.69) is 10.3 Å². The van der Waals surface area contributed by atoms with Crippen LogP contribution < -0.4 is 5.32 Å². The fraction of sp³-hybridized carbons (Fsp3) is 0.308. The molecule has 2 N–H and O–H groups in total. The van der Waals surface area contributed by atoms with Crippen molar-refractivity contribution in [3.05, 3.63) is 81.8 Å². The van der Waals surface area contributed by atoms with E-state index < -0.39 is 34.7 Å². The number of piperidine rings is 1. The molecule has 2 amide bonds. The van der Waals surface area contributed by atoms with Crippen molar-refractivity contribution in [1.29, 1.82) is 5.26 Å². The second-order valence-electron chi connectivity index (χ2n) is 8.81. The Bertz CT molecular complexity index is 1300. The van der Waals surface area contributed by atoms with E-state index in [9.17, 15) is 27.9 Å². The van der Waals surface area contributed by atoms with Crippen LogP contribution in [0, 0.1) is 17.2 Å². The van der Waals surface area contributed by atoms with Crippen LogP contribution in [0.5, 0.6) is 0 Å². The molecular formula is C26H23F3N4O3S. The van der Waals surface area contributed by atoms with Gasteiger partial charge in [-0.05, 0) is 36.6 Å². The summed E-state index contributed by atoms with van der Waals surface area (Å²) in [4.78, 5) is 31.8. The summed E-state index contributed by atoms with van der Waals surface area (Å²) in [5.41, 5.74) is -3.20. The molecule has 7 nitrogen and oxygen atoms in total. The number of anilines is 1. The highest BCUT2D eigenvalue weighted by Gasteiger charge is 2.46. The van der Waals surface area contributed by atoms with Crippen molar-refractivity contribution in [2.75, 3.05) is 18.4 Å². The summed E-state index contributed by atoms with van der Waals surface area (Å²) in [5.74, 6) is -1.63. The number of benzene rings is 2. The Hall–Kier alpha value is -3.75. The van der Waals surface area contributed by atoms with Crippen molar-refractivity contribution in [3.63, 3.8) is 0 Å². The first-order valence-corrected chi connectivity index (χ1v) is 12.4. The van der Waals surface area contributed by atoms with E-state index in [1.807, 2.05) is 0 Å². The fourth-order valence-corrected chi connectivity index (χ4v) is 5.14. The van der Waals surface area contributed by atoms with Gasteiger partial charge in [-0.2, -0.15) is 18.4 Å². The van der Waals surface area contributed by atoms with Crippen LogP contribution in [0.4, 0.5) is 18.9 Å². The molecule has 37 heavy (non-hydrogen) atoms. The Morgan fingerprint density at radius 3 is 2.46 bits per heavy atom. The maximum Gasteiger partial charge on any atom is 0.417 e. The summed E-state index contributed by atoms with van der Waals surface area (Å²) < 4.78 is 40.3. The number of hydrogen-bond acceptors (Lipinski definition) is 6. The first-order valence-electron chi connectivity index (χ1n) is 11.5. The Morgan fingerprint density at radius 1 is 1.16 bits per heavy atom. The predicted molar refractivity (Wildman–Crippen MR) is 131 cm³/mol. The van der Waals surface area contributed by atoms with E-state index in [1.165, 1.54) is 23.5 Å². The lowest BCUT2D eigenvalue weighted by molar-refractivity contribution is -0.142. The first kappa shape index (κ1) is 26.3. The number of nitriles is 1. The van der Waals surface area contributed by atoms with Crippen LogP contribution in [0.1, 0.15) is 39.3 Å². The van der Waals surface area contributed by atoms with Gasteiger partial charge in [-0.25, -0.2) is 4.98 Å². The number of aliphatic hydroxyl groups is 1. The number of amides is 2. The third-order valence-electron chi connectivity index (χ3n) is 6.49. The summed E-state index contributed by atoms with van der Waals surface area (Å²) in [7, 11) is 0. The number of alkyl halides is 3. The highest BCUT2D eigenvalue weighted by atomic mass is 32.1. The summed E-state index contributed by atoms with van der Waals surface area (Å²) in [6, 6.07) is 13.2. The number of nitrogens with one attached hydrogen (secondary N) is 1. The molecule has 3 aromatic rings. The van der Waals surface area contributed by atoms with Gasteiger partial charge >= 0.3 is 6.18 Å². The van der Waals surface area contributed by atoms with Gasteiger partial charge in [-0.1, -0.05) is 30.3 Å². The second kappa shape index (κ2) is 10.7. The summed E-state index contributed by atoms with van der Waals surface area (Å²) >= 11 is 1.23. The molecule has 0 radical (unpaired) electrons. The zero-order valence-corrected chi connectivity index (χ0v) is 20.4. The van der Waals surface area contributed by atoms with Crippen molar-refractivity contribution < 1.29 is 27.9 Å². The normalized spacial score (nSPS) is 16.0. The summed E-state index contributed by atoms with van der Waals surface area (Å²) in [6.45, 7) is 0.588. The number of rotatable bonds is 6. The topological polar surface area (TPSA) is 106 Å². The second-order valence-corrected chi connectivity index (χ2v) is 9.71. The van der Waals surface area contributed by atoms with Gasteiger partial charge in [0.25, 0.3) is 11.8 Å². The van der Waals surface area contributed by atoms with E-state index >= 15 is 0 Å². The SMILES string of the molecule is N#Cc1ccc(NC(=O)C(O)(Cc2ccccc2)C2CCN(C(=O)c3nccs3)CC2)cc1C(F)(F)F. The molecule has 0 aliphatic carbocycles. The largest absolute Gasteiger partial charge is 0.417 e. The Kier molecular flexibility index (Phi) is 7.61. The van der Waals surface area contributed by atoms with Gasteiger partial charge < -0.3 is 15.3 Å². The van der Waals surface area contributed by atoms with E-state index in [0.717, 1.165) is 6.07 Å². The average molecular weight is 529 g/mol. The van der Waals surface area contributed by atoms with E-state index in [4.69, 9.17) is 5.26 Å². The molecule has 2 aromatic carbocycles. The number of aromatic nitrogens is 1. The zero-order valence-electron chi connectivity index (χ0n) is 19.5. The average Bonchev–Trinajstić information content (AvgIpc) is 3.43. The molecule has 1 unspecified atom stereocenters. The monoisotopic (exact) mass is 528 g/mol. The van der Waals surface area contributed by atoms with Gasteiger partial charge in [0.2, 0.25) is 0 Å². The molecule has 1 saturated heterocycles. The molecule has 1 aliphatic heterocycles. The molecule has 4 rings (SSSR count). The van der Waals surface area contributed by atoms with Gasteiger partial charge in [0, 0.05) is 42.7 Å². The number of carbonyl (C=O) groups is 2. The van der Waals surface area contributed by atoms with E-state index in [1.54, 1.807) is 46.8 Å². The lowest BCUT2D eigenvalue weighted by Crippen LogP contribution is -2.54. The Morgan fingerprint density at radius 2 is 1.86 bits per heavy atom. The lowest BCUT2D eigenvalue weighted by Gasteiger charge is -2.40. The quantitative estimate of drug-likeness (QED) is 0.490. The number of carbonyl (C=O) groups excluding carboxylic acids is 2. The Balaban J connectivity index is 1.57. The number of halogens is 3. The molecule has 11 heteroatoms. The minimum Gasteiger partial charge on any atom is -0.379 e. The van der Waals surface area contributed by atoms with Crippen molar-refractivity contribution in [2.24, 2.45) is 5.92 Å². The van der Waals surface area contributed by atoms with Crippen molar-refractivity contribution in [2.45, 2.75) is 31.0 Å². The van der Waals surface area contributed by atoms with Crippen LogP contribution >= 0.6 is 11.3 Å². The fourth-order valence-electron chi connectivity index (χ4n) is 4.53. The van der Waals surface area contributed by atoms with E-state index in [0.29, 0.717) is 42.6 Å². The lowest BCUT2D eigenvalue weighted by atomic mass is 9.76. The van der Waals surface area contributed by atoms with Crippen LogP contribution in [0.3, 0.4) is 0 Å². The van der Waals surface area contributed by atoms with Crippen LogP contribution in [0.25, 0.3) is 0 Å². The Labute approximate surface area is 215 Å². The molecule has 0 saturated carbocycles. The molecule has 1 fully saturated rings. The molecule has 0 bridgehead atoms. The zero-order chi connectivity index (χ0) is 26.6. The minimum atomic E-state index is -4.79. The van der Waals surface area contributed by atoms with Crippen molar-refractivity contribution in [1.82, 2.24) is 9.88 Å². The molecular weight excluding hydrogens is 505 g/mol. The molecule has 192 valence electrons. The van der Waals surface area contributed by atoms with Gasteiger partial charge in [-0.3, -0.25) is 9.59 Å². The van der Waals surface area contributed by atoms with Crippen LogP contribution in [-0.2, 0) is 17.4 Å². The summed E-state index contributed by atoms with van der Waals surface area (Å²) in [5, 5.41) is 25.3. The maximum absolute atomic E-state index is 13.5. The number of likely N-dealkylation sites (tertiary alicyclic amines) is 1. The standard InChI is InChI=1S/C26H23F3N4O3S/c27-26(28,29)21-14-20(7-6-18(21)16-30)32-24(35)25(36,15-17-4-2-1-3-5-17)19-8-11-33(12-9-19)23(34)22-31-10-13-37-22/h1-7,10,13-14,19,36H,8-9,11-12,15H2,(H,32,35). The van der Waals surface area contributed by atoms with Crippen molar-refractivity contribution in [3.8, 4) is 6.07 Å². The van der Waals surface area contributed by atoms with Crippen LogP contribution in [-0.4, -0.2) is 45.5 Å². The molecule has 1 aromatic heterocycles. The van der Waals surface area contributed by atoms with Gasteiger partial charge in [0.05, 0.1) is 17.2 Å². The van der Waals surface area contributed by atoms with Gasteiger partial charge in [0.15, 0.2) is 5.01 Å². The number of thiazole rings is 1. The highest BCUT2D eigenvalue weighted by Crippen LogP contribution is 2.36. The van der Waals surface area contributed by atoms with E-state index in [-0.39, 0.29) is 18.0 Å². The smallest absolute Gasteiger partial charge is 0.379 e. The molecule has 1 aliphatic rings. The first-order chi connectivity index (χ1) is 17.6. The number of nitrogens with zero attached hydrogens (tertiary/aromatic N) is 3. The molecule has 1 atom stereocenters. The van der Waals surface area contributed by atoms with Gasteiger partial charge in [-0.15, -0.1) is 11.3 Å². The van der Waals surface area contributed by atoms with Crippen LogP contribution in [0.2, 0.25) is 0 Å². The maximum atomic E-state index is 13.5. The minimum absolute atomic E-state index is 0.0623. The number of hydrogen-bond donors (Lipinski definition) is 2. The third kappa shape index (κ3) is 5.81. The summed E-state index contributed by atoms with van der Waals surface area (Å²) in [6.07, 6.45) is -2.68. The molecule has 2 heterocycles. The van der Waals surface area contributed by atoms with Crippen LogP contribution in [0.15, 0.2) is 60.1 Å². The third-order valence-corrected chi connectivity index (χ3v) is 7.25. The van der Waals surface area contributed by atoms with Crippen molar-refractivity contribution >= 4 is 28.8 Å².